The van der Waals surface area contributed by atoms with E-state index in [1.54, 1.807) is 11.8 Å². The molecule has 6 rings (SSSR count). The predicted molar refractivity (Wildman–Crippen MR) is 185 cm³/mol. The monoisotopic (exact) mass is 583 g/mol. The number of benzene rings is 3. The first-order valence-electron chi connectivity index (χ1n) is 15.1. The molecule has 218 valence electrons. The lowest BCUT2D eigenvalue weighted by molar-refractivity contribution is 0.636. The van der Waals surface area contributed by atoms with E-state index in [9.17, 15) is 0 Å². The molecule has 43 heavy (non-hydrogen) atoms. The van der Waals surface area contributed by atoms with Crippen LogP contribution in [0.25, 0.3) is 11.0 Å². The Balaban J connectivity index is 1.37. The molecule has 3 nitrogen and oxygen atoms in total. The summed E-state index contributed by atoms with van der Waals surface area (Å²) in [6.45, 7) is 15.9. The highest BCUT2D eigenvalue weighted by atomic mass is 32.2. The van der Waals surface area contributed by atoms with E-state index in [0.29, 0.717) is 0 Å². The summed E-state index contributed by atoms with van der Waals surface area (Å²) in [4.78, 5) is 12.1. The largest absolute Gasteiger partial charge is 0.347 e. The maximum Gasteiger partial charge on any atom is 0.171 e. The van der Waals surface area contributed by atoms with Gasteiger partial charge in [-0.1, -0.05) is 119 Å². The molecule has 0 bridgehead atoms. The summed E-state index contributed by atoms with van der Waals surface area (Å²) in [6.07, 6.45) is 11.2. The van der Waals surface area contributed by atoms with Gasteiger partial charge in [-0.3, -0.25) is 0 Å². The highest BCUT2D eigenvalue weighted by Crippen LogP contribution is 2.48. The first-order chi connectivity index (χ1) is 20.6. The highest BCUT2D eigenvalue weighted by molar-refractivity contribution is 8.03. The number of anilines is 1. The number of nitrogens with one attached hydrogen (secondary N) is 1. The van der Waals surface area contributed by atoms with Crippen molar-refractivity contribution in [3.05, 3.63) is 148 Å². The van der Waals surface area contributed by atoms with Crippen LogP contribution in [0, 0.1) is 6.92 Å². The van der Waals surface area contributed by atoms with Gasteiger partial charge in [0.25, 0.3) is 0 Å². The Morgan fingerprint density at radius 1 is 0.977 bits per heavy atom. The molecule has 1 N–H and O–H groups in total. The van der Waals surface area contributed by atoms with Crippen LogP contribution < -0.4 is 4.90 Å². The Morgan fingerprint density at radius 3 is 2.47 bits per heavy atom. The summed E-state index contributed by atoms with van der Waals surface area (Å²) < 4.78 is 0. The van der Waals surface area contributed by atoms with Crippen molar-refractivity contribution in [2.75, 3.05) is 11.9 Å². The fourth-order valence-electron chi connectivity index (χ4n) is 6.56. The number of para-hydroxylation sites is 3. The summed E-state index contributed by atoms with van der Waals surface area (Å²) >= 11 is 1.74. The van der Waals surface area contributed by atoms with E-state index in [1.165, 1.54) is 44.1 Å². The average molecular weight is 584 g/mol. The molecule has 3 aromatic carbocycles. The minimum Gasteiger partial charge on any atom is -0.347 e. The second-order valence-electron chi connectivity index (χ2n) is 12.8. The predicted octanol–water partition coefficient (Wildman–Crippen LogP) is 10.3. The van der Waals surface area contributed by atoms with Crippen molar-refractivity contribution < 1.29 is 0 Å². The van der Waals surface area contributed by atoms with Crippen LogP contribution in [0.2, 0.25) is 0 Å². The molecule has 4 aromatic rings. The van der Waals surface area contributed by atoms with Crippen LogP contribution in [-0.4, -0.2) is 17.0 Å². The number of allylic oxidation sites excluding steroid dienone is 8. The first kappa shape index (κ1) is 29.1. The van der Waals surface area contributed by atoms with Crippen molar-refractivity contribution in [2.24, 2.45) is 0 Å². The fraction of sp³-hybridized carbons (Fsp3) is 0.256. The van der Waals surface area contributed by atoms with Crippen LogP contribution in [-0.2, 0) is 10.8 Å². The van der Waals surface area contributed by atoms with E-state index in [0.717, 1.165) is 34.6 Å². The molecule has 1 aliphatic heterocycles. The maximum absolute atomic E-state index is 4.91. The van der Waals surface area contributed by atoms with Gasteiger partial charge in [-0.15, -0.1) is 0 Å². The third-order valence-electron chi connectivity index (χ3n) is 9.30. The Hall–Kier alpha value is -4.02. The molecule has 4 heteroatoms. The lowest BCUT2D eigenvalue weighted by atomic mass is 9.76. The van der Waals surface area contributed by atoms with Gasteiger partial charge in [0.1, 0.15) is 0 Å². The minimum absolute atomic E-state index is 0.0572. The SMILES string of the molecule is C=C(/C=C/C1=C(Sc2nc3ccccc3[nH]2)C(=C/C=C2/N(C)c3ccccc3C2(C)C)/CC1)C(C)(C)c1ccccc1C. The molecule has 0 amide bonds. The van der Waals surface area contributed by atoms with Gasteiger partial charge in [0, 0.05) is 34.2 Å². The maximum atomic E-state index is 4.91. The van der Waals surface area contributed by atoms with Gasteiger partial charge in [0.2, 0.25) is 0 Å². The van der Waals surface area contributed by atoms with Crippen LogP contribution >= 0.6 is 11.8 Å². The van der Waals surface area contributed by atoms with Crippen molar-refractivity contribution >= 4 is 28.5 Å². The van der Waals surface area contributed by atoms with E-state index in [4.69, 9.17) is 4.98 Å². The number of hydrogen-bond acceptors (Lipinski definition) is 3. The van der Waals surface area contributed by atoms with E-state index < -0.39 is 0 Å². The van der Waals surface area contributed by atoms with Crippen LogP contribution in [0.5, 0.6) is 0 Å². The number of rotatable bonds is 7. The van der Waals surface area contributed by atoms with Crippen LogP contribution in [0.4, 0.5) is 5.69 Å². The molecule has 0 spiro atoms. The van der Waals surface area contributed by atoms with Crippen molar-refractivity contribution in [1.29, 1.82) is 0 Å². The third-order valence-corrected chi connectivity index (χ3v) is 10.4. The Morgan fingerprint density at radius 2 is 1.70 bits per heavy atom. The summed E-state index contributed by atoms with van der Waals surface area (Å²) in [5, 5.41) is 0.923. The number of aromatic amines is 1. The van der Waals surface area contributed by atoms with Crippen molar-refractivity contribution in [3.63, 3.8) is 0 Å². The standard InChI is InChI=1S/C39H41N3S/c1-26-14-8-9-15-30(26)38(3,4)27(2)20-21-28-22-23-29(36(28)43-37-40-32-17-11-12-18-33(32)41-37)24-25-35-39(5,6)31-16-10-13-19-34(31)42(35)7/h8-21,24-25H,2,22-23H2,1,3-7H3,(H,40,41)/b21-20+,29-24+,35-25+. The summed E-state index contributed by atoms with van der Waals surface area (Å²) in [5.41, 5.74) is 12.2. The van der Waals surface area contributed by atoms with Crippen molar-refractivity contribution in [1.82, 2.24) is 9.97 Å². The number of thioether (sulfide) groups is 1. The molecule has 0 radical (unpaired) electrons. The topological polar surface area (TPSA) is 31.9 Å². The Bertz CT molecular complexity index is 1810. The molecule has 0 saturated carbocycles. The van der Waals surface area contributed by atoms with Gasteiger partial charge < -0.3 is 9.88 Å². The van der Waals surface area contributed by atoms with E-state index in [-0.39, 0.29) is 10.8 Å². The fourth-order valence-corrected chi connectivity index (χ4v) is 7.66. The van der Waals surface area contributed by atoms with Gasteiger partial charge in [-0.05, 0) is 77.5 Å². The summed E-state index contributed by atoms with van der Waals surface area (Å²) in [5.74, 6) is 0. The van der Waals surface area contributed by atoms with Gasteiger partial charge in [-0.2, -0.15) is 0 Å². The van der Waals surface area contributed by atoms with E-state index in [1.807, 2.05) is 6.07 Å². The van der Waals surface area contributed by atoms with Crippen LogP contribution in [0.3, 0.4) is 0 Å². The zero-order chi connectivity index (χ0) is 30.4. The number of nitrogens with zero attached hydrogens (tertiary/aromatic N) is 2. The smallest absolute Gasteiger partial charge is 0.171 e. The third kappa shape index (κ3) is 5.34. The van der Waals surface area contributed by atoms with E-state index >= 15 is 0 Å². The quantitative estimate of drug-likeness (QED) is 0.220. The van der Waals surface area contributed by atoms with Gasteiger partial charge >= 0.3 is 0 Å². The summed E-state index contributed by atoms with van der Waals surface area (Å²) in [7, 11) is 2.18. The molecule has 0 atom stereocenters. The number of aromatic nitrogens is 2. The molecule has 2 aliphatic rings. The lowest BCUT2D eigenvalue weighted by Crippen LogP contribution is -2.22. The Labute approximate surface area is 260 Å². The van der Waals surface area contributed by atoms with Gasteiger partial charge in [0.15, 0.2) is 5.16 Å². The zero-order valence-electron chi connectivity index (χ0n) is 26.2. The van der Waals surface area contributed by atoms with Crippen LogP contribution in [0.1, 0.15) is 57.2 Å². The van der Waals surface area contributed by atoms with E-state index in [2.05, 4.69) is 149 Å². The molecule has 0 saturated heterocycles. The van der Waals surface area contributed by atoms with Gasteiger partial charge in [0.05, 0.1) is 11.0 Å². The number of H-pyrrole nitrogens is 1. The number of hydrogen-bond donors (Lipinski definition) is 1. The molecular formula is C39H41N3S. The van der Waals surface area contributed by atoms with Crippen molar-refractivity contribution in [3.8, 4) is 0 Å². The number of likely N-dealkylation sites (N-methyl/N-ethyl adjacent to an activating group) is 1. The average Bonchev–Trinajstić information content (AvgIpc) is 3.63. The molecule has 0 unspecified atom stereocenters. The summed E-state index contributed by atoms with van der Waals surface area (Å²) in [6, 6.07) is 25.6. The number of fused-ring (bicyclic) bond motifs is 2. The second kappa shape index (κ2) is 11.2. The molecule has 1 aliphatic carbocycles. The zero-order valence-corrected chi connectivity index (χ0v) is 27.0. The first-order valence-corrected chi connectivity index (χ1v) is 15.9. The molecular weight excluding hydrogens is 543 g/mol. The second-order valence-corrected chi connectivity index (χ2v) is 13.8. The van der Waals surface area contributed by atoms with Crippen molar-refractivity contribution in [2.45, 2.75) is 63.4 Å². The number of imidazole rings is 1. The molecule has 1 aromatic heterocycles. The van der Waals surface area contributed by atoms with Crippen LogP contribution in [0.15, 0.2) is 136 Å². The number of aryl methyl sites for hydroxylation is 1. The minimum atomic E-state index is -0.163. The van der Waals surface area contributed by atoms with Gasteiger partial charge in [-0.25, -0.2) is 4.98 Å². The molecule has 0 fully saturated rings. The lowest BCUT2D eigenvalue weighted by Gasteiger charge is -2.28. The Kier molecular flexibility index (Phi) is 7.60. The molecule has 2 heterocycles. The highest BCUT2D eigenvalue weighted by Gasteiger charge is 2.38. The normalized spacial score (nSPS) is 18.5.